The molecule has 0 spiro atoms. The van der Waals surface area contributed by atoms with Gasteiger partial charge in [-0.05, 0) is 112 Å². The minimum Gasteiger partial charge on any atom is -0.480 e. The minimum atomic E-state index is -3.09. The van der Waals surface area contributed by atoms with Crippen molar-refractivity contribution in [3.8, 4) is 45.5 Å². The van der Waals surface area contributed by atoms with E-state index < -0.39 is 25.2 Å². The molecule has 15 heteroatoms. The summed E-state index contributed by atoms with van der Waals surface area (Å²) >= 11 is 0. The number of hydrogen-bond acceptors (Lipinski definition) is 10. The van der Waals surface area contributed by atoms with Crippen LogP contribution in [0.15, 0.2) is 69.5 Å². The molecule has 7 rings (SSSR count). The smallest absolute Gasteiger partial charge is 0.387 e. The number of halogens is 4. The van der Waals surface area contributed by atoms with Gasteiger partial charge in [0.2, 0.25) is 11.8 Å². The van der Waals surface area contributed by atoms with Crippen LogP contribution in [0, 0.1) is 13.8 Å². The van der Waals surface area contributed by atoms with Gasteiger partial charge in [0, 0.05) is 47.5 Å². The lowest BCUT2D eigenvalue weighted by Gasteiger charge is -2.22. The van der Waals surface area contributed by atoms with Crippen molar-refractivity contribution in [1.29, 1.82) is 0 Å². The van der Waals surface area contributed by atoms with Crippen LogP contribution in [-0.2, 0) is 17.9 Å². The van der Waals surface area contributed by atoms with E-state index in [4.69, 9.17) is 28.3 Å². The third-order valence-electron chi connectivity index (χ3n) is 10.5. The summed E-state index contributed by atoms with van der Waals surface area (Å²) in [6.07, 6.45) is 3.09. The number of benzene rings is 4. The van der Waals surface area contributed by atoms with Crippen molar-refractivity contribution >= 4 is 28.2 Å². The second kappa shape index (κ2) is 18.0. The molecule has 1 aliphatic heterocycles. The number of aromatic nitrogens is 2. The topological polar surface area (TPSA) is 135 Å². The van der Waals surface area contributed by atoms with Gasteiger partial charge in [0.05, 0.1) is 0 Å². The number of hydrogen-bond donors (Lipinski definition) is 3. The summed E-state index contributed by atoms with van der Waals surface area (Å²) in [5.74, 6) is -0.453. The summed E-state index contributed by atoms with van der Waals surface area (Å²) in [6, 6.07) is 16.9. The van der Waals surface area contributed by atoms with Crippen LogP contribution in [0.5, 0.6) is 11.5 Å². The monoisotopic (exact) mass is 803 g/mol. The molecule has 0 bridgehead atoms. The lowest BCUT2D eigenvalue weighted by atomic mass is 9.91. The number of alkyl halides is 4. The van der Waals surface area contributed by atoms with Crippen LogP contribution in [0.25, 0.3) is 56.2 Å². The lowest BCUT2D eigenvalue weighted by Crippen LogP contribution is -2.35. The molecule has 0 aliphatic carbocycles. The van der Waals surface area contributed by atoms with Gasteiger partial charge in [-0.3, -0.25) is 9.69 Å². The van der Waals surface area contributed by atoms with Gasteiger partial charge in [0.25, 0.3) is 0 Å². The molecule has 4 aromatic carbocycles. The molecular formula is C43H45F4N5O6. The van der Waals surface area contributed by atoms with Crippen LogP contribution in [0.2, 0.25) is 0 Å². The maximum Gasteiger partial charge on any atom is 0.387 e. The second-order valence-corrected chi connectivity index (χ2v) is 14.4. The molecule has 0 radical (unpaired) electrons. The van der Waals surface area contributed by atoms with E-state index >= 15 is 0 Å². The number of rotatable bonds is 18. The van der Waals surface area contributed by atoms with Crippen molar-refractivity contribution in [3.05, 3.63) is 82.9 Å². The Balaban J connectivity index is 1.18. The van der Waals surface area contributed by atoms with Crippen LogP contribution in [0.3, 0.4) is 0 Å². The molecule has 2 aromatic heterocycles. The number of carboxylic acid groups (broad SMARTS) is 1. The van der Waals surface area contributed by atoms with Gasteiger partial charge in [-0.2, -0.15) is 17.6 Å². The Morgan fingerprint density at radius 2 is 1.34 bits per heavy atom. The van der Waals surface area contributed by atoms with Crippen LogP contribution in [-0.4, -0.2) is 71.4 Å². The first-order valence-corrected chi connectivity index (χ1v) is 19.4. The lowest BCUT2D eigenvalue weighted by molar-refractivity contribution is -0.142. The third-order valence-corrected chi connectivity index (χ3v) is 10.5. The Hall–Kier alpha value is -5.51. The number of ether oxygens (including phenoxy) is 2. The number of nitrogens with zero attached hydrogens (tertiary/aromatic N) is 3. The number of oxazole rings is 2. The molecule has 6 aromatic rings. The Morgan fingerprint density at radius 1 is 0.810 bits per heavy atom. The third kappa shape index (κ3) is 8.96. The Bertz CT molecular complexity index is 2400. The second-order valence-electron chi connectivity index (χ2n) is 14.4. The van der Waals surface area contributed by atoms with Gasteiger partial charge < -0.3 is 34.0 Å². The zero-order valence-corrected chi connectivity index (χ0v) is 32.4. The van der Waals surface area contributed by atoms with Gasteiger partial charge in [-0.25, -0.2) is 9.97 Å². The van der Waals surface area contributed by atoms with E-state index in [-0.39, 0.29) is 29.5 Å². The van der Waals surface area contributed by atoms with Crippen molar-refractivity contribution in [2.24, 2.45) is 0 Å². The summed E-state index contributed by atoms with van der Waals surface area (Å²) < 4.78 is 76.0. The van der Waals surface area contributed by atoms with Crippen molar-refractivity contribution in [2.75, 3.05) is 26.2 Å². The Labute approximate surface area is 332 Å². The molecule has 1 fully saturated rings. The SMILES string of the molecule is CCCNCCCNCc1cc2nc(-c3cccc(-c4cccc(-c5nc6cc(CN7CCC[C@H]7C(=O)O)c(OC(F)F)cc6o5)c4C)c3C)oc2cc1OC(F)F. The molecule has 3 N–H and O–H groups in total. The van der Waals surface area contributed by atoms with Crippen molar-refractivity contribution in [2.45, 2.75) is 78.8 Å². The molecule has 0 amide bonds. The predicted molar refractivity (Wildman–Crippen MR) is 211 cm³/mol. The first-order chi connectivity index (χ1) is 28.0. The highest BCUT2D eigenvalue weighted by molar-refractivity contribution is 5.85. The van der Waals surface area contributed by atoms with Gasteiger partial charge in [0.1, 0.15) is 28.6 Å². The molecular weight excluding hydrogens is 758 g/mol. The quantitative estimate of drug-likeness (QED) is 0.0567. The molecule has 3 heterocycles. The highest BCUT2D eigenvalue weighted by Gasteiger charge is 2.31. The fourth-order valence-electron chi connectivity index (χ4n) is 7.60. The van der Waals surface area contributed by atoms with E-state index in [1.54, 1.807) is 17.0 Å². The van der Waals surface area contributed by atoms with E-state index in [1.807, 2.05) is 50.2 Å². The molecule has 306 valence electrons. The summed E-state index contributed by atoms with van der Waals surface area (Å²) in [7, 11) is 0. The molecule has 58 heavy (non-hydrogen) atoms. The van der Waals surface area contributed by atoms with Crippen molar-refractivity contribution in [1.82, 2.24) is 25.5 Å². The molecule has 11 nitrogen and oxygen atoms in total. The molecule has 1 atom stereocenters. The van der Waals surface area contributed by atoms with E-state index in [9.17, 15) is 27.5 Å². The van der Waals surface area contributed by atoms with Crippen LogP contribution >= 0.6 is 0 Å². The maximum atomic E-state index is 13.5. The highest BCUT2D eigenvalue weighted by Crippen LogP contribution is 2.40. The number of carbonyl (C=O) groups is 1. The number of carboxylic acids is 1. The largest absolute Gasteiger partial charge is 0.480 e. The van der Waals surface area contributed by atoms with E-state index in [0.717, 1.165) is 48.2 Å². The van der Waals surface area contributed by atoms with Crippen LogP contribution in [0.1, 0.15) is 54.9 Å². The van der Waals surface area contributed by atoms with Gasteiger partial charge in [0.15, 0.2) is 11.2 Å². The number of aliphatic carboxylic acids is 1. The first-order valence-electron chi connectivity index (χ1n) is 19.4. The number of nitrogens with one attached hydrogen (secondary N) is 2. The average Bonchev–Trinajstić information content (AvgIpc) is 3.93. The van der Waals surface area contributed by atoms with Crippen LogP contribution < -0.4 is 20.1 Å². The zero-order chi connectivity index (χ0) is 40.9. The summed E-state index contributed by atoms with van der Waals surface area (Å²) in [6.45, 7) is 3.30. The van der Waals surface area contributed by atoms with E-state index in [1.165, 1.54) is 12.1 Å². The normalized spacial score (nSPS) is 14.7. The van der Waals surface area contributed by atoms with Gasteiger partial charge in [-0.1, -0.05) is 31.2 Å². The molecule has 0 unspecified atom stereocenters. The summed E-state index contributed by atoms with van der Waals surface area (Å²) in [5.41, 5.74) is 7.22. The number of fused-ring (bicyclic) bond motifs is 2. The fourth-order valence-corrected chi connectivity index (χ4v) is 7.60. The molecule has 1 saturated heterocycles. The van der Waals surface area contributed by atoms with E-state index in [0.29, 0.717) is 77.2 Å². The highest BCUT2D eigenvalue weighted by atomic mass is 19.3. The van der Waals surface area contributed by atoms with Crippen LogP contribution in [0.4, 0.5) is 17.6 Å². The zero-order valence-electron chi connectivity index (χ0n) is 32.4. The molecule has 0 saturated carbocycles. The average molecular weight is 804 g/mol. The van der Waals surface area contributed by atoms with Crippen molar-refractivity contribution < 1.29 is 45.8 Å². The predicted octanol–water partition coefficient (Wildman–Crippen LogP) is 9.32. The molecule has 1 aliphatic rings. The first kappa shape index (κ1) is 40.7. The Morgan fingerprint density at radius 3 is 1.90 bits per heavy atom. The van der Waals surface area contributed by atoms with E-state index in [2.05, 4.69) is 17.6 Å². The summed E-state index contributed by atoms with van der Waals surface area (Å²) in [5, 5.41) is 16.3. The standard InChI is InChI=1S/C43H45F4N5O6/c1-4-14-48-15-8-16-49-22-26-18-32-37(20-35(26)57-42(44)45)55-39(50-32)30-11-5-9-28(24(30)2)29-10-6-12-31(25(29)3)40-51-33-19-27(23-52-17-7-13-34(52)41(53)54)36(58-43(46)47)21-38(33)56-40/h5-6,9-12,18-21,34,42-43,48-49H,4,7-8,13-17,22-23H2,1-3H3,(H,53,54)/t34-/m0/s1. The maximum absolute atomic E-state index is 13.5. The fraction of sp³-hybridized carbons (Fsp3) is 0.372. The minimum absolute atomic E-state index is 0.0197. The van der Waals surface area contributed by atoms with Gasteiger partial charge in [-0.15, -0.1) is 0 Å². The van der Waals surface area contributed by atoms with Crippen molar-refractivity contribution in [3.63, 3.8) is 0 Å². The Kier molecular flexibility index (Phi) is 12.6. The number of likely N-dealkylation sites (tertiary alicyclic amines) is 1. The van der Waals surface area contributed by atoms with Gasteiger partial charge >= 0.3 is 19.2 Å². The summed E-state index contributed by atoms with van der Waals surface area (Å²) in [4.78, 5) is 23.0.